The summed E-state index contributed by atoms with van der Waals surface area (Å²) in [6, 6.07) is 3.69. The van der Waals surface area contributed by atoms with Crippen molar-refractivity contribution in [3.8, 4) is 11.5 Å². The Morgan fingerprint density at radius 3 is 2.79 bits per heavy atom. The summed E-state index contributed by atoms with van der Waals surface area (Å²) in [5.41, 5.74) is 7.96. The van der Waals surface area contributed by atoms with Gasteiger partial charge in [-0.05, 0) is 32.1 Å². The molecule has 0 aliphatic heterocycles. The van der Waals surface area contributed by atoms with Crippen molar-refractivity contribution in [2.45, 2.75) is 13.8 Å². The molecule has 0 spiro atoms. The minimum absolute atomic E-state index is 0.418. The fourth-order valence-electron chi connectivity index (χ4n) is 1.64. The van der Waals surface area contributed by atoms with Crippen LogP contribution in [0.15, 0.2) is 17.8 Å². The van der Waals surface area contributed by atoms with Gasteiger partial charge in [0.05, 0.1) is 0 Å². The van der Waals surface area contributed by atoms with Crippen LogP contribution in [0, 0.1) is 6.92 Å². The van der Waals surface area contributed by atoms with Gasteiger partial charge in [-0.2, -0.15) is 0 Å². The number of carbonyl (C=O) groups is 1. The van der Waals surface area contributed by atoms with Crippen molar-refractivity contribution in [1.29, 1.82) is 0 Å². The summed E-state index contributed by atoms with van der Waals surface area (Å²) in [6.45, 7) is 5.05. The Labute approximate surface area is 113 Å². The molecule has 0 amide bonds. The van der Waals surface area contributed by atoms with Crippen LogP contribution in [0.5, 0.6) is 11.5 Å². The first-order valence-electron chi connectivity index (χ1n) is 6.06. The van der Waals surface area contributed by atoms with E-state index in [0.29, 0.717) is 31.1 Å². The largest absolute Gasteiger partial charge is 0.492 e. The number of hydrogen-bond donors (Lipinski definition) is 2. The fraction of sp³-hybridized carbons (Fsp3) is 0.357. The molecule has 0 aromatic heterocycles. The summed E-state index contributed by atoms with van der Waals surface area (Å²) in [6.07, 6.45) is 1.90. The Bertz CT molecular complexity index is 470. The molecule has 0 saturated carbocycles. The summed E-state index contributed by atoms with van der Waals surface area (Å²) in [5, 5.41) is 3.02. The van der Waals surface area contributed by atoms with Crippen molar-refractivity contribution in [2.24, 2.45) is 5.73 Å². The van der Waals surface area contributed by atoms with Crippen LogP contribution < -0.4 is 20.5 Å². The van der Waals surface area contributed by atoms with Crippen LogP contribution in [-0.4, -0.2) is 26.7 Å². The molecular weight excluding hydrogens is 244 g/mol. The first-order valence-corrected chi connectivity index (χ1v) is 6.06. The standard InChI is InChI=1S/C14H20N2O3/c1-10(16-3)8-12-4-5-13(18-7-6-15)11(2)14(12)19-9-17/h4-5,8-9,16H,6-7,15H2,1-3H3/b10-8+. The summed E-state index contributed by atoms with van der Waals surface area (Å²) in [4.78, 5) is 10.6. The van der Waals surface area contributed by atoms with Crippen molar-refractivity contribution < 1.29 is 14.3 Å². The van der Waals surface area contributed by atoms with Crippen LogP contribution in [0.2, 0.25) is 0 Å². The van der Waals surface area contributed by atoms with Crippen LogP contribution in [-0.2, 0) is 4.79 Å². The average molecular weight is 264 g/mol. The monoisotopic (exact) mass is 264 g/mol. The number of carbonyl (C=O) groups excluding carboxylic acids is 1. The Morgan fingerprint density at radius 2 is 2.21 bits per heavy atom. The molecule has 3 N–H and O–H groups in total. The minimum Gasteiger partial charge on any atom is -0.492 e. The third-order valence-corrected chi connectivity index (χ3v) is 2.69. The normalized spacial score (nSPS) is 11.1. The number of ether oxygens (including phenoxy) is 2. The zero-order valence-corrected chi connectivity index (χ0v) is 11.5. The van der Waals surface area contributed by atoms with E-state index in [0.717, 1.165) is 16.8 Å². The van der Waals surface area contributed by atoms with Gasteiger partial charge in [0.1, 0.15) is 18.1 Å². The van der Waals surface area contributed by atoms with E-state index in [4.69, 9.17) is 15.2 Å². The quantitative estimate of drug-likeness (QED) is 0.729. The predicted octanol–water partition coefficient (Wildman–Crippen LogP) is 1.45. The lowest BCUT2D eigenvalue weighted by molar-refractivity contribution is -0.120. The second kappa shape index (κ2) is 7.43. The van der Waals surface area contributed by atoms with Gasteiger partial charge in [0, 0.05) is 30.4 Å². The van der Waals surface area contributed by atoms with Crippen molar-refractivity contribution >= 4 is 12.5 Å². The SMILES string of the molecule is CN/C(C)=C/c1ccc(OCCN)c(C)c1OC=O. The highest BCUT2D eigenvalue weighted by atomic mass is 16.5. The molecule has 5 nitrogen and oxygen atoms in total. The molecule has 19 heavy (non-hydrogen) atoms. The molecule has 0 saturated heterocycles. The molecule has 104 valence electrons. The van der Waals surface area contributed by atoms with Crippen LogP contribution in [0.1, 0.15) is 18.1 Å². The van der Waals surface area contributed by atoms with Crippen molar-refractivity contribution in [3.63, 3.8) is 0 Å². The van der Waals surface area contributed by atoms with Gasteiger partial charge >= 0.3 is 0 Å². The number of nitrogens with two attached hydrogens (primary N) is 1. The Kier molecular flexibility index (Phi) is 5.89. The summed E-state index contributed by atoms with van der Waals surface area (Å²) in [7, 11) is 1.83. The molecule has 1 aromatic rings. The molecule has 0 fully saturated rings. The van der Waals surface area contributed by atoms with Gasteiger partial charge in [-0.3, -0.25) is 4.79 Å². The number of nitrogens with one attached hydrogen (secondary N) is 1. The lowest BCUT2D eigenvalue weighted by atomic mass is 10.1. The summed E-state index contributed by atoms with van der Waals surface area (Å²) in [5.74, 6) is 1.17. The van der Waals surface area contributed by atoms with Gasteiger partial charge in [-0.1, -0.05) is 0 Å². The molecule has 0 atom stereocenters. The Balaban J connectivity index is 3.19. The lowest BCUT2D eigenvalue weighted by Crippen LogP contribution is -2.11. The van der Waals surface area contributed by atoms with E-state index in [1.54, 1.807) is 0 Å². The van der Waals surface area contributed by atoms with E-state index in [1.807, 2.05) is 39.1 Å². The number of benzene rings is 1. The maximum Gasteiger partial charge on any atom is 0.298 e. The zero-order chi connectivity index (χ0) is 14.3. The van der Waals surface area contributed by atoms with E-state index >= 15 is 0 Å². The first-order chi connectivity index (χ1) is 9.13. The zero-order valence-electron chi connectivity index (χ0n) is 11.5. The highest BCUT2D eigenvalue weighted by Gasteiger charge is 2.11. The molecule has 0 unspecified atom stereocenters. The Hall–Kier alpha value is -2.01. The lowest BCUT2D eigenvalue weighted by Gasteiger charge is -2.13. The topological polar surface area (TPSA) is 73.6 Å². The molecule has 1 aromatic carbocycles. The van der Waals surface area contributed by atoms with E-state index in [2.05, 4.69) is 5.32 Å². The second-order valence-corrected chi connectivity index (χ2v) is 4.04. The summed E-state index contributed by atoms with van der Waals surface area (Å²) < 4.78 is 10.6. The molecule has 0 heterocycles. The van der Waals surface area contributed by atoms with Gasteiger partial charge < -0.3 is 20.5 Å². The van der Waals surface area contributed by atoms with Gasteiger partial charge in [-0.25, -0.2) is 0 Å². The highest BCUT2D eigenvalue weighted by Crippen LogP contribution is 2.32. The third kappa shape index (κ3) is 3.99. The van der Waals surface area contributed by atoms with Gasteiger partial charge in [0.2, 0.25) is 0 Å². The van der Waals surface area contributed by atoms with Crippen LogP contribution in [0.25, 0.3) is 6.08 Å². The smallest absolute Gasteiger partial charge is 0.298 e. The molecule has 0 bridgehead atoms. The molecule has 1 rings (SSSR count). The Morgan fingerprint density at radius 1 is 1.47 bits per heavy atom. The molecule has 0 radical (unpaired) electrons. The maximum absolute atomic E-state index is 10.6. The van der Waals surface area contributed by atoms with E-state index in [-0.39, 0.29) is 0 Å². The van der Waals surface area contributed by atoms with Crippen LogP contribution in [0.3, 0.4) is 0 Å². The predicted molar refractivity (Wildman–Crippen MR) is 75.1 cm³/mol. The first kappa shape index (κ1) is 15.0. The van der Waals surface area contributed by atoms with Crippen molar-refractivity contribution in [1.82, 2.24) is 5.32 Å². The van der Waals surface area contributed by atoms with Gasteiger partial charge in [0.25, 0.3) is 6.47 Å². The van der Waals surface area contributed by atoms with Gasteiger partial charge in [-0.15, -0.1) is 0 Å². The number of hydrogen-bond acceptors (Lipinski definition) is 5. The maximum atomic E-state index is 10.6. The third-order valence-electron chi connectivity index (χ3n) is 2.69. The van der Waals surface area contributed by atoms with E-state index in [1.165, 1.54) is 0 Å². The highest BCUT2D eigenvalue weighted by molar-refractivity contribution is 5.66. The van der Waals surface area contributed by atoms with Crippen LogP contribution >= 0.6 is 0 Å². The number of rotatable bonds is 7. The van der Waals surface area contributed by atoms with E-state index in [9.17, 15) is 4.79 Å². The van der Waals surface area contributed by atoms with Crippen molar-refractivity contribution in [3.05, 3.63) is 29.0 Å². The van der Waals surface area contributed by atoms with E-state index < -0.39 is 0 Å². The van der Waals surface area contributed by atoms with Crippen LogP contribution in [0.4, 0.5) is 0 Å². The summed E-state index contributed by atoms with van der Waals surface area (Å²) >= 11 is 0. The molecular formula is C14H20N2O3. The second-order valence-electron chi connectivity index (χ2n) is 4.04. The van der Waals surface area contributed by atoms with Crippen molar-refractivity contribution in [2.75, 3.05) is 20.2 Å². The number of allylic oxidation sites excluding steroid dienone is 1. The molecule has 0 aliphatic rings. The average Bonchev–Trinajstić information content (AvgIpc) is 2.41. The molecule has 5 heteroatoms. The molecule has 0 aliphatic carbocycles. The minimum atomic E-state index is 0.418. The fourth-order valence-corrected chi connectivity index (χ4v) is 1.64. The van der Waals surface area contributed by atoms with Gasteiger partial charge in [0.15, 0.2) is 0 Å².